The van der Waals surface area contributed by atoms with Crippen LogP contribution in [0.25, 0.3) is 73.4 Å². The fourth-order valence-electron chi connectivity index (χ4n) is 7.46. The summed E-state index contributed by atoms with van der Waals surface area (Å²) in [5, 5.41) is 7.73. The molecule has 8 aromatic carbocycles. The average Bonchev–Trinajstić information content (AvgIpc) is 3.73. The number of hydrogen-bond donors (Lipinski definition) is 0. The monoisotopic (exact) mass is 659 g/mol. The van der Waals surface area contributed by atoms with Crippen LogP contribution < -0.4 is 4.90 Å². The first-order chi connectivity index (χ1) is 24.3. The molecule has 0 fully saturated rings. The molecule has 0 N–H and O–H groups in total. The van der Waals surface area contributed by atoms with Gasteiger partial charge in [0, 0.05) is 57.3 Å². The Morgan fingerprint density at radius 1 is 0.347 bits per heavy atom. The lowest BCUT2D eigenvalue weighted by Gasteiger charge is -2.29. The van der Waals surface area contributed by atoms with Crippen LogP contribution in [-0.4, -0.2) is 0 Å². The topological polar surface area (TPSA) is 3.24 Å². The minimum Gasteiger partial charge on any atom is -0.310 e. The standard InChI is InChI=1S/C46H29NS2/c1-2-16-34-30(12-1)13-10-21-36(34)37-17-3-6-22-41(37)47(33-26-27-44-40(29-33)38-18-4-7-23-42(38)48-44)32-15-9-14-31(28-32)35-20-11-25-45-46(35)39-19-5-8-24-43(39)49-45/h1-29H. The van der Waals surface area contributed by atoms with Crippen molar-refractivity contribution in [1.82, 2.24) is 0 Å². The highest BCUT2D eigenvalue weighted by Gasteiger charge is 2.20. The van der Waals surface area contributed by atoms with Gasteiger partial charge in [-0.2, -0.15) is 0 Å². The Bertz CT molecular complexity index is 2850. The molecule has 0 aliphatic heterocycles. The Morgan fingerprint density at radius 2 is 0.939 bits per heavy atom. The molecular weight excluding hydrogens is 631 g/mol. The van der Waals surface area contributed by atoms with Crippen molar-refractivity contribution in [3.8, 4) is 22.3 Å². The number of fused-ring (bicyclic) bond motifs is 7. The number of anilines is 3. The predicted octanol–water partition coefficient (Wildman–Crippen LogP) is 14.4. The number of rotatable bonds is 5. The number of nitrogens with zero attached hydrogens (tertiary/aromatic N) is 1. The van der Waals surface area contributed by atoms with Crippen LogP contribution in [0.5, 0.6) is 0 Å². The van der Waals surface area contributed by atoms with Gasteiger partial charge in [0.25, 0.3) is 0 Å². The zero-order valence-corrected chi connectivity index (χ0v) is 28.1. The van der Waals surface area contributed by atoms with Gasteiger partial charge in [-0.15, -0.1) is 22.7 Å². The summed E-state index contributed by atoms with van der Waals surface area (Å²) in [4.78, 5) is 2.46. The highest BCUT2D eigenvalue weighted by molar-refractivity contribution is 7.26. The highest BCUT2D eigenvalue weighted by Crippen LogP contribution is 2.46. The molecule has 0 saturated heterocycles. The molecule has 0 aliphatic rings. The maximum atomic E-state index is 2.46. The number of hydrogen-bond acceptors (Lipinski definition) is 3. The molecule has 0 amide bonds. The molecule has 2 heterocycles. The maximum Gasteiger partial charge on any atom is 0.0540 e. The van der Waals surface area contributed by atoms with Gasteiger partial charge in [0.1, 0.15) is 0 Å². The third-order valence-corrected chi connectivity index (χ3v) is 11.9. The van der Waals surface area contributed by atoms with E-state index < -0.39 is 0 Å². The molecule has 1 nitrogen and oxygen atoms in total. The van der Waals surface area contributed by atoms with Crippen LogP contribution in [0.2, 0.25) is 0 Å². The van der Waals surface area contributed by atoms with Crippen molar-refractivity contribution >= 4 is 90.9 Å². The first-order valence-corrected chi connectivity index (χ1v) is 18.2. The van der Waals surface area contributed by atoms with Gasteiger partial charge in [0.05, 0.1) is 5.69 Å². The second kappa shape index (κ2) is 11.5. The van der Waals surface area contributed by atoms with E-state index >= 15 is 0 Å². The van der Waals surface area contributed by atoms with Gasteiger partial charge in [-0.05, 0) is 82.1 Å². The normalized spacial score (nSPS) is 11.7. The van der Waals surface area contributed by atoms with Gasteiger partial charge >= 0.3 is 0 Å². The largest absolute Gasteiger partial charge is 0.310 e. The van der Waals surface area contributed by atoms with E-state index in [2.05, 4.69) is 181 Å². The Balaban J connectivity index is 1.23. The van der Waals surface area contributed by atoms with Gasteiger partial charge in [-0.1, -0.05) is 121 Å². The summed E-state index contributed by atoms with van der Waals surface area (Å²) in [6, 6.07) is 64.5. The minimum absolute atomic E-state index is 1.13. The van der Waals surface area contributed by atoms with Gasteiger partial charge in [-0.3, -0.25) is 0 Å². The van der Waals surface area contributed by atoms with Crippen molar-refractivity contribution in [2.24, 2.45) is 0 Å². The first-order valence-electron chi connectivity index (χ1n) is 16.6. The van der Waals surface area contributed by atoms with E-state index in [1.54, 1.807) is 0 Å². The molecule has 0 unspecified atom stereocenters. The van der Waals surface area contributed by atoms with Crippen LogP contribution in [0.15, 0.2) is 176 Å². The fraction of sp³-hybridized carbons (Fsp3) is 0. The Labute approximate surface area is 292 Å². The summed E-state index contributed by atoms with van der Waals surface area (Å²) in [7, 11) is 0. The van der Waals surface area contributed by atoms with Gasteiger partial charge < -0.3 is 4.90 Å². The summed E-state index contributed by atoms with van der Waals surface area (Å²) < 4.78 is 5.26. The SMILES string of the molecule is c1cc(-c2cccc3sc4ccccc4c23)cc(N(c2ccc3sc4ccccc4c3c2)c2ccccc2-c2cccc3ccccc23)c1. The van der Waals surface area contributed by atoms with Gasteiger partial charge in [0.2, 0.25) is 0 Å². The average molecular weight is 660 g/mol. The van der Waals surface area contributed by atoms with Crippen LogP contribution in [0.3, 0.4) is 0 Å². The number of thiophene rings is 2. The molecule has 10 rings (SSSR count). The third-order valence-electron chi connectivity index (χ3n) is 9.66. The summed E-state index contributed by atoms with van der Waals surface area (Å²) in [6.45, 7) is 0. The highest BCUT2D eigenvalue weighted by atomic mass is 32.1. The molecule has 3 heteroatoms. The molecule has 2 aromatic heterocycles. The van der Waals surface area contributed by atoms with Crippen molar-refractivity contribution in [2.45, 2.75) is 0 Å². The van der Waals surface area contributed by atoms with Crippen LogP contribution in [-0.2, 0) is 0 Å². The first kappa shape index (κ1) is 28.3. The fourth-order valence-corrected chi connectivity index (χ4v) is 9.68. The summed E-state index contributed by atoms with van der Waals surface area (Å²) in [6.07, 6.45) is 0. The summed E-state index contributed by atoms with van der Waals surface area (Å²) in [5.41, 5.74) is 8.31. The van der Waals surface area contributed by atoms with Crippen molar-refractivity contribution in [3.05, 3.63) is 176 Å². The van der Waals surface area contributed by atoms with E-state index in [1.165, 1.54) is 73.4 Å². The smallest absolute Gasteiger partial charge is 0.0540 e. The molecule has 230 valence electrons. The minimum atomic E-state index is 1.13. The number of para-hydroxylation sites is 1. The van der Waals surface area contributed by atoms with Crippen LogP contribution in [0.1, 0.15) is 0 Å². The van der Waals surface area contributed by atoms with E-state index in [0.717, 1.165) is 17.1 Å². The van der Waals surface area contributed by atoms with Gasteiger partial charge in [0.15, 0.2) is 0 Å². The van der Waals surface area contributed by atoms with Gasteiger partial charge in [-0.25, -0.2) is 0 Å². The lowest BCUT2D eigenvalue weighted by molar-refractivity contribution is 1.29. The van der Waals surface area contributed by atoms with E-state index in [0.29, 0.717) is 0 Å². The Kier molecular flexibility index (Phi) is 6.61. The lowest BCUT2D eigenvalue weighted by Crippen LogP contribution is -2.11. The molecule has 10 aromatic rings. The van der Waals surface area contributed by atoms with Crippen molar-refractivity contribution in [3.63, 3.8) is 0 Å². The van der Waals surface area contributed by atoms with Crippen LogP contribution in [0.4, 0.5) is 17.1 Å². The van der Waals surface area contributed by atoms with E-state index in [-0.39, 0.29) is 0 Å². The Morgan fingerprint density at radius 3 is 1.86 bits per heavy atom. The lowest BCUT2D eigenvalue weighted by atomic mass is 9.95. The predicted molar refractivity (Wildman–Crippen MR) is 215 cm³/mol. The third kappa shape index (κ3) is 4.66. The van der Waals surface area contributed by atoms with Crippen LogP contribution in [0, 0.1) is 0 Å². The molecule has 0 atom stereocenters. The zero-order chi connectivity index (χ0) is 32.3. The molecule has 0 aliphatic carbocycles. The van der Waals surface area contributed by atoms with E-state index in [9.17, 15) is 0 Å². The van der Waals surface area contributed by atoms with Crippen molar-refractivity contribution in [2.75, 3.05) is 4.90 Å². The van der Waals surface area contributed by atoms with Crippen molar-refractivity contribution in [1.29, 1.82) is 0 Å². The quantitative estimate of drug-likeness (QED) is 0.178. The molecule has 49 heavy (non-hydrogen) atoms. The molecule has 0 spiro atoms. The molecule has 0 radical (unpaired) electrons. The maximum absolute atomic E-state index is 2.46. The molecule has 0 bridgehead atoms. The van der Waals surface area contributed by atoms with E-state index in [1.807, 2.05) is 22.7 Å². The van der Waals surface area contributed by atoms with Crippen molar-refractivity contribution < 1.29 is 0 Å². The zero-order valence-electron chi connectivity index (χ0n) is 26.5. The number of benzene rings is 8. The summed E-state index contributed by atoms with van der Waals surface area (Å²) in [5.74, 6) is 0. The molecule has 0 saturated carbocycles. The Hall–Kier alpha value is -5.74. The summed E-state index contributed by atoms with van der Waals surface area (Å²) >= 11 is 3.73. The molecular formula is C46H29NS2. The second-order valence-corrected chi connectivity index (χ2v) is 14.7. The second-order valence-electron chi connectivity index (χ2n) is 12.5. The van der Waals surface area contributed by atoms with Crippen LogP contribution >= 0.6 is 22.7 Å². The van der Waals surface area contributed by atoms with E-state index in [4.69, 9.17) is 0 Å².